The number of nitrogens with two attached hydrogens (primary N) is 1. The molecule has 2 aliphatic rings. The minimum atomic E-state index is -0.635. The van der Waals surface area contributed by atoms with Crippen LogP contribution in [0.2, 0.25) is 0 Å². The van der Waals surface area contributed by atoms with E-state index in [0.717, 1.165) is 13.1 Å². The molecule has 2 aliphatic heterocycles. The molecule has 7 nitrogen and oxygen atoms in total. The Morgan fingerprint density at radius 3 is 2.37 bits per heavy atom. The Bertz CT molecular complexity index is 931. The molecule has 2 fully saturated rings. The highest BCUT2D eigenvalue weighted by atomic mass is 19.1. The van der Waals surface area contributed by atoms with Gasteiger partial charge in [0.15, 0.2) is 0 Å². The fourth-order valence-corrected chi connectivity index (χ4v) is 3.90. The summed E-state index contributed by atoms with van der Waals surface area (Å²) in [5.74, 6) is -1.53. The number of cyclic esters (lactones) is 1. The fraction of sp³-hybridized carbons (Fsp3) is 0.364. The van der Waals surface area contributed by atoms with Crippen molar-refractivity contribution in [2.75, 3.05) is 47.4 Å². The molecule has 1 unspecified atom stereocenters. The second-order valence-corrected chi connectivity index (χ2v) is 7.67. The van der Waals surface area contributed by atoms with Gasteiger partial charge in [0, 0.05) is 31.9 Å². The van der Waals surface area contributed by atoms with Gasteiger partial charge in [0.25, 0.3) is 0 Å². The van der Waals surface area contributed by atoms with Crippen molar-refractivity contribution in [3.63, 3.8) is 0 Å². The van der Waals surface area contributed by atoms with Crippen molar-refractivity contribution < 1.29 is 18.7 Å². The molecule has 2 atom stereocenters. The van der Waals surface area contributed by atoms with Gasteiger partial charge in [-0.3, -0.25) is 9.69 Å². The van der Waals surface area contributed by atoms with Crippen LogP contribution < -0.4 is 20.4 Å². The Hall–Kier alpha value is -3.29. The lowest BCUT2D eigenvalue weighted by Gasteiger charge is -2.37. The lowest BCUT2D eigenvalue weighted by Crippen LogP contribution is -2.46. The number of amides is 2. The van der Waals surface area contributed by atoms with Crippen LogP contribution >= 0.6 is 0 Å². The average molecular weight is 412 g/mol. The lowest BCUT2D eigenvalue weighted by molar-refractivity contribution is -0.123. The normalized spacial score (nSPS) is 20.3. The molecule has 0 aromatic heterocycles. The molecule has 0 radical (unpaired) electrons. The fourth-order valence-electron chi connectivity index (χ4n) is 3.90. The molecule has 158 valence electrons. The third-order valence-corrected chi connectivity index (χ3v) is 5.83. The van der Waals surface area contributed by atoms with Crippen LogP contribution in [0.25, 0.3) is 0 Å². The molecule has 4 rings (SSSR count). The van der Waals surface area contributed by atoms with Gasteiger partial charge in [-0.15, -0.1) is 0 Å². The number of hydrogen-bond acceptors (Lipinski definition) is 5. The van der Waals surface area contributed by atoms with Gasteiger partial charge in [0.1, 0.15) is 11.9 Å². The van der Waals surface area contributed by atoms with E-state index in [4.69, 9.17) is 10.5 Å². The largest absolute Gasteiger partial charge is 0.443 e. The van der Waals surface area contributed by atoms with Crippen molar-refractivity contribution in [1.29, 1.82) is 0 Å². The van der Waals surface area contributed by atoms with E-state index in [1.807, 2.05) is 23.1 Å². The summed E-state index contributed by atoms with van der Waals surface area (Å²) in [4.78, 5) is 29.2. The summed E-state index contributed by atoms with van der Waals surface area (Å²) >= 11 is 0. The van der Waals surface area contributed by atoms with E-state index in [0.29, 0.717) is 24.5 Å². The number of carbonyl (C=O) groups excluding carboxylic acids is 2. The molecule has 8 heteroatoms. The number of para-hydroxylation sites is 1. The van der Waals surface area contributed by atoms with Crippen molar-refractivity contribution in [3.05, 3.63) is 54.3 Å². The van der Waals surface area contributed by atoms with Crippen LogP contribution in [0.5, 0.6) is 0 Å². The maximum absolute atomic E-state index is 14.9. The predicted molar refractivity (Wildman–Crippen MR) is 113 cm³/mol. The number of hydrogen-bond donors (Lipinski definition) is 1. The van der Waals surface area contributed by atoms with Gasteiger partial charge in [0.05, 0.1) is 23.8 Å². The number of primary amides is 1. The topological polar surface area (TPSA) is 79.1 Å². The average Bonchev–Trinajstić information content (AvgIpc) is 3.15. The number of nitrogens with zero attached hydrogens (tertiary/aromatic N) is 3. The molecule has 30 heavy (non-hydrogen) atoms. The minimum absolute atomic E-state index is 0.164. The van der Waals surface area contributed by atoms with Crippen LogP contribution in [0.4, 0.5) is 26.2 Å². The highest BCUT2D eigenvalue weighted by Crippen LogP contribution is 2.30. The summed E-state index contributed by atoms with van der Waals surface area (Å²) in [5.41, 5.74) is 7.39. The van der Waals surface area contributed by atoms with Crippen LogP contribution in [0.15, 0.2) is 48.5 Å². The number of rotatable bonds is 5. The molecule has 2 aromatic carbocycles. The van der Waals surface area contributed by atoms with E-state index in [2.05, 4.69) is 17.0 Å². The van der Waals surface area contributed by atoms with E-state index in [-0.39, 0.29) is 12.4 Å². The molecule has 2 aromatic rings. The Kier molecular flexibility index (Phi) is 5.48. The smallest absolute Gasteiger partial charge is 0.414 e. The first-order valence-electron chi connectivity index (χ1n) is 10.1. The lowest BCUT2D eigenvalue weighted by atomic mass is 10.0. The van der Waals surface area contributed by atoms with E-state index in [1.165, 1.54) is 16.7 Å². The molecule has 0 saturated carbocycles. The van der Waals surface area contributed by atoms with Gasteiger partial charge >= 0.3 is 6.09 Å². The predicted octanol–water partition coefficient (Wildman–Crippen LogP) is 2.60. The molecule has 0 aliphatic carbocycles. The quantitative estimate of drug-likeness (QED) is 0.817. The van der Waals surface area contributed by atoms with E-state index in [9.17, 15) is 14.0 Å². The number of halogens is 1. The molecule has 2 heterocycles. The Morgan fingerprint density at radius 2 is 1.73 bits per heavy atom. The van der Waals surface area contributed by atoms with Crippen molar-refractivity contribution in [3.8, 4) is 0 Å². The Balaban J connectivity index is 1.43. The summed E-state index contributed by atoms with van der Waals surface area (Å²) in [5, 5.41) is 0. The summed E-state index contributed by atoms with van der Waals surface area (Å²) in [6.07, 6.45) is -1.24. The highest BCUT2D eigenvalue weighted by molar-refractivity contribution is 5.91. The van der Waals surface area contributed by atoms with Gasteiger partial charge in [-0.25, -0.2) is 9.18 Å². The van der Waals surface area contributed by atoms with Crippen LogP contribution in [0.3, 0.4) is 0 Å². The van der Waals surface area contributed by atoms with Crippen molar-refractivity contribution >= 4 is 29.1 Å². The first-order valence-corrected chi connectivity index (χ1v) is 10.1. The van der Waals surface area contributed by atoms with Crippen LogP contribution in [-0.2, 0) is 9.53 Å². The van der Waals surface area contributed by atoms with E-state index >= 15 is 0 Å². The molecule has 2 amide bonds. The molecular formula is C22H25FN4O3. The number of piperazine rings is 1. The first-order chi connectivity index (χ1) is 14.4. The SMILES string of the molecule is C[C@H](C(N)=O)C1CN(c2ccc(N3CCN(c4ccccc4)CC3)c(F)c2)C(=O)O1. The molecule has 0 bridgehead atoms. The van der Waals surface area contributed by atoms with Gasteiger partial charge in [-0.2, -0.15) is 0 Å². The van der Waals surface area contributed by atoms with Crippen LogP contribution in [0.1, 0.15) is 6.92 Å². The van der Waals surface area contributed by atoms with Crippen molar-refractivity contribution in [2.45, 2.75) is 13.0 Å². The first kappa shape index (κ1) is 20.0. The zero-order valence-electron chi connectivity index (χ0n) is 16.8. The van der Waals surface area contributed by atoms with E-state index in [1.54, 1.807) is 19.1 Å². The monoisotopic (exact) mass is 412 g/mol. The van der Waals surface area contributed by atoms with Crippen LogP contribution in [-0.4, -0.2) is 50.8 Å². The number of benzene rings is 2. The van der Waals surface area contributed by atoms with Crippen molar-refractivity contribution in [1.82, 2.24) is 0 Å². The second kappa shape index (κ2) is 8.22. The minimum Gasteiger partial charge on any atom is -0.443 e. The zero-order chi connectivity index (χ0) is 21.3. The van der Waals surface area contributed by atoms with E-state index < -0.39 is 24.0 Å². The maximum atomic E-state index is 14.9. The van der Waals surface area contributed by atoms with Gasteiger partial charge < -0.3 is 20.3 Å². The number of anilines is 3. The summed E-state index contributed by atoms with van der Waals surface area (Å²) in [6, 6.07) is 14.9. The van der Waals surface area contributed by atoms with Crippen LogP contribution in [0, 0.1) is 11.7 Å². The maximum Gasteiger partial charge on any atom is 0.414 e. The van der Waals surface area contributed by atoms with Gasteiger partial charge in [-0.1, -0.05) is 18.2 Å². The number of ether oxygens (including phenoxy) is 1. The van der Waals surface area contributed by atoms with Gasteiger partial charge in [-0.05, 0) is 37.3 Å². The molecule has 0 spiro atoms. The third kappa shape index (κ3) is 3.90. The zero-order valence-corrected chi connectivity index (χ0v) is 16.8. The Morgan fingerprint density at radius 1 is 1.07 bits per heavy atom. The Labute approximate surface area is 174 Å². The summed E-state index contributed by atoms with van der Waals surface area (Å²) < 4.78 is 20.2. The molecular weight excluding hydrogens is 387 g/mol. The van der Waals surface area contributed by atoms with Crippen molar-refractivity contribution in [2.24, 2.45) is 11.7 Å². The third-order valence-electron chi connectivity index (χ3n) is 5.83. The highest BCUT2D eigenvalue weighted by Gasteiger charge is 2.38. The number of carbonyl (C=O) groups is 2. The summed E-state index contributed by atoms with van der Waals surface area (Å²) in [7, 11) is 0. The second-order valence-electron chi connectivity index (χ2n) is 7.67. The molecule has 2 saturated heterocycles. The summed E-state index contributed by atoms with van der Waals surface area (Å²) in [6.45, 7) is 4.79. The standard InChI is InChI=1S/C22H25FN4O3/c1-15(21(24)28)20-14-27(22(29)30-20)17-7-8-19(18(23)13-17)26-11-9-25(10-12-26)16-5-3-2-4-6-16/h2-8,13,15,20H,9-12,14H2,1H3,(H2,24,28)/t15-,20?/m0/s1. The van der Waals surface area contributed by atoms with Gasteiger partial charge in [0.2, 0.25) is 5.91 Å². The molecule has 2 N–H and O–H groups in total.